The summed E-state index contributed by atoms with van der Waals surface area (Å²) in [5.41, 5.74) is 10.2. The molecule has 3 N–H and O–H groups in total. The summed E-state index contributed by atoms with van der Waals surface area (Å²) in [5.74, 6) is 0.865. The van der Waals surface area contributed by atoms with E-state index in [1.165, 1.54) is 5.69 Å². The van der Waals surface area contributed by atoms with E-state index in [9.17, 15) is 0 Å². The second-order valence-electron chi connectivity index (χ2n) is 9.15. The predicted molar refractivity (Wildman–Crippen MR) is 138 cm³/mol. The van der Waals surface area contributed by atoms with E-state index >= 15 is 4.39 Å². The summed E-state index contributed by atoms with van der Waals surface area (Å²) in [7, 11) is 2.12. The van der Waals surface area contributed by atoms with Crippen molar-refractivity contribution in [1.29, 1.82) is 0 Å². The highest BCUT2D eigenvalue weighted by Gasteiger charge is 2.18. The summed E-state index contributed by atoms with van der Waals surface area (Å²) in [5, 5.41) is 13.6. The topological polar surface area (TPSA) is 103 Å². The quantitative estimate of drug-likeness (QED) is 0.373. The van der Waals surface area contributed by atoms with Gasteiger partial charge in [0, 0.05) is 72.6 Å². The van der Waals surface area contributed by atoms with Crippen molar-refractivity contribution in [2.24, 2.45) is 0 Å². The Kier molecular flexibility index (Phi) is 5.37. The molecule has 5 heterocycles. The Morgan fingerprint density at radius 2 is 1.92 bits per heavy atom. The normalized spacial score (nSPS) is 14.1. The molecule has 5 aromatic rings. The number of hydrogen-bond acceptors (Lipinski definition) is 7. The van der Waals surface area contributed by atoms with Crippen LogP contribution < -0.4 is 11.1 Å². The van der Waals surface area contributed by atoms with Crippen molar-refractivity contribution in [3.63, 3.8) is 0 Å². The number of benzene rings is 1. The number of pyridine rings is 2. The zero-order valence-electron chi connectivity index (χ0n) is 20.1. The molecule has 0 unspecified atom stereocenters. The van der Waals surface area contributed by atoms with Crippen molar-refractivity contribution >= 4 is 28.1 Å². The Bertz CT molecular complexity index is 1550. The number of nitrogen functional groups attached to an aromatic ring is 1. The number of fused-ring (bicyclic) bond motifs is 2. The summed E-state index contributed by atoms with van der Waals surface area (Å²) in [4.78, 5) is 11.1. The molecule has 1 aromatic carbocycles. The molecule has 1 aliphatic heterocycles. The van der Waals surface area contributed by atoms with Crippen LogP contribution in [0.5, 0.6) is 0 Å². The minimum atomic E-state index is -0.490. The van der Waals surface area contributed by atoms with Gasteiger partial charge in [0.05, 0.1) is 24.1 Å². The monoisotopic (exact) mass is 483 g/mol. The van der Waals surface area contributed by atoms with Gasteiger partial charge in [-0.1, -0.05) is 0 Å². The molecule has 36 heavy (non-hydrogen) atoms. The molecule has 0 aliphatic carbocycles. The number of hydrogen-bond donors (Lipinski definition) is 2. The maximum absolute atomic E-state index is 15.5. The molecule has 0 saturated carbocycles. The molecular weight excluding hydrogens is 457 g/mol. The van der Waals surface area contributed by atoms with Crippen molar-refractivity contribution in [3.8, 4) is 16.8 Å². The molecule has 0 radical (unpaired) electrons. The van der Waals surface area contributed by atoms with Crippen molar-refractivity contribution in [3.05, 3.63) is 72.3 Å². The maximum atomic E-state index is 15.5. The highest BCUT2D eigenvalue weighted by molar-refractivity contribution is 5.98. The Labute approximate surface area is 207 Å². The van der Waals surface area contributed by atoms with Crippen molar-refractivity contribution in [2.45, 2.75) is 19.9 Å². The first-order chi connectivity index (χ1) is 17.5. The third-order valence-electron chi connectivity index (χ3n) is 6.79. The standard InChI is InChI=1S/C26H26FN9/c1-16-20(13-29-15-22(16)36-6-3-5-31-36)19-10-17-11-23(30-14-21(17)26(28)25(19)27)32-24-12-18-4-7-34(2)8-9-35(18)33-24/h3,5-6,10-15H,4,7-9,28H2,1-2H3,(H,30,32,33). The first kappa shape index (κ1) is 22.2. The van der Waals surface area contributed by atoms with Gasteiger partial charge in [0.15, 0.2) is 11.6 Å². The molecular formula is C26H26FN9. The number of likely N-dealkylation sites (N-methyl/N-ethyl adjacent to an activating group) is 1. The van der Waals surface area contributed by atoms with Gasteiger partial charge in [0.2, 0.25) is 0 Å². The largest absolute Gasteiger partial charge is 0.396 e. The van der Waals surface area contributed by atoms with Crippen LogP contribution in [0.2, 0.25) is 0 Å². The van der Waals surface area contributed by atoms with E-state index in [0.29, 0.717) is 22.3 Å². The second-order valence-corrected chi connectivity index (χ2v) is 9.15. The Hall–Kier alpha value is -4.31. The Morgan fingerprint density at radius 1 is 1.03 bits per heavy atom. The second kappa shape index (κ2) is 8.72. The van der Waals surface area contributed by atoms with Crippen molar-refractivity contribution in [2.75, 3.05) is 31.2 Å². The van der Waals surface area contributed by atoms with Gasteiger partial charge >= 0.3 is 0 Å². The fourth-order valence-electron chi connectivity index (χ4n) is 4.72. The summed E-state index contributed by atoms with van der Waals surface area (Å²) >= 11 is 0. The molecule has 9 nitrogen and oxygen atoms in total. The van der Waals surface area contributed by atoms with Crippen LogP contribution in [0.25, 0.3) is 27.6 Å². The van der Waals surface area contributed by atoms with E-state index in [4.69, 9.17) is 10.8 Å². The lowest BCUT2D eigenvalue weighted by Gasteiger charge is -2.14. The number of halogens is 1. The summed E-state index contributed by atoms with van der Waals surface area (Å²) in [6, 6.07) is 7.56. The minimum absolute atomic E-state index is 0.0586. The van der Waals surface area contributed by atoms with Gasteiger partial charge < -0.3 is 16.0 Å². The first-order valence-electron chi connectivity index (χ1n) is 11.8. The van der Waals surface area contributed by atoms with Crippen LogP contribution in [0.4, 0.5) is 21.7 Å². The number of nitrogens with one attached hydrogen (secondary N) is 1. The van der Waals surface area contributed by atoms with Crippen LogP contribution in [-0.2, 0) is 13.0 Å². The lowest BCUT2D eigenvalue weighted by atomic mass is 9.97. The number of aromatic nitrogens is 6. The van der Waals surface area contributed by atoms with Crippen LogP contribution >= 0.6 is 0 Å². The van der Waals surface area contributed by atoms with E-state index in [2.05, 4.69) is 38.4 Å². The van der Waals surface area contributed by atoms with E-state index in [1.807, 2.05) is 29.9 Å². The molecule has 1 aliphatic rings. The zero-order valence-corrected chi connectivity index (χ0v) is 20.1. The lowest BCUT2D eigenvalue weighted by molar-refractivity contribution is 0.337. The zero-order chi connectivity index (χ0) is 24.8. The average molecular weight is 484 g/mol. The summed E-state index contributed by atoms with van der Waals surface area (Å²) in [6.07, 6.45) is 9.43. The molecule has 0 saturated heterocycles. The number of rotatable bonds is 4. The Morgan fingerprint density at radius 3 is 2.75 bits per heavy atom. The summed E-state index contributed by atoms with van der Waals surface area (Å²) in [6.45, 7) is 4.74. The SMILES string of the molecule is Cc1c(-c2cc3cc(Nc4cc5n(n4)CCN(C)CC5)ncc3c(N)c2F)cncc1-n1cccn1. The van der Waals surface area contributed by atoms with Crippen LogP contribution in [0.15, 0.2) is 55.2 Å². The van der Waals surface area contributed by atoms with Crippen molar-refractivity contribution in [1.82, 2.24) is 34.4 Å². The van der Waals surface area contributed by atoms with E-state index in [0.717, 1.165) is 48.5 Å². The molecule has 0 bridgehead atoms. The Balaban J connectivity index is 1.38. The molecule has 0 atom stereocenters. The lowest BCUT2D eigenvalue weighted by Crippen LogP contribution is -2.21. The number of anilines is 3. The van der Waals surface area contributed by atoms with Gasteiger partial charge in [-0.25, -0.2) is 14.1 Å². The summed E-state index contributed by atoms with van der Waals surface area (Å²) < 4.78 is 19.2. The van der Waals surface area contributed by atoms with Crippen LogP contribution in [0.3, 0.4) is 0 Å². The van der Waals surface area contributed by atoms with E-state index in [1.54, 1.807) is 35.5 Å². The van der Waals surface area contributed by atoms with Crippen LogP contribution in [-0.4, -0.2) is 54.6 Å². The van der Waals surface area contributed by atoms with Gasteiger partial charge in [-0.05, 0) is 43.1 Å². The number of nitrogens with two attached hydrogens (primary N) is 1. The molecule has 182 valence electrons. The minimum Gasteiger partial charge on any atom is -0.396 e. The van der Waals surface area contributed by atoms with Gasteiger partial charge in [-0.15, -0.1) is 0 Å². The van der Waals surface area contributed by atoms with Crippen molar-refractivity contribution < 1.29 is 4.39 Å². The fraction of sp³-hybridized carbons (Fsp3) is 0.231. The highest BCUT2D eigenvalue weighted by atomic mass is 19.1. The predicted octanol–water partition coefficient (Wildman–Crippen LogP) is 3.94. The molecule has 0 fully saturated rings. The van der Waals surface area contributed by atoms with Gasteiger partial charge in [0.25, 0.3) is 0 Å². The first-order valence-corrected chi connectivity index (χ1v) is 11.8. The average Bonchev–Trinajstić information content (AvgIpc) is 3.51. The van der Waals surface area contributed by atoms with Gasteiger partial charge in [0.1, 0.15) is 5.82 Å². The van der Waals surface area contributed by atoms with E-state index in [-0.39, 0.29) is 5.69 Å². The van der Waals surface area contributed by atoms with Gasteiger partial charge in [-0.2, -0.15) is 10.2 Å². The smallest absolute Gasteiger partial charge is 0.154 e. The molecule has 0 spiro atoms. The molecule has 6 rings (SSSR count). The fourth-order valence-corrected chi connectivity index (χ4v) is 4.72. The molecule has 4 aromatic heterocycles. The van der Waals surface area contributed by atoms with Crippen LogP contribution in [0.1, 0.15) is 11.3 Å². The van der Waals surface area contributed by atoms with Crippen LogP contribution in [0, 0.1) is 12.7 Å². The highest BCUT2D eigenvalue weighted by Crippen LogP contribution is 2.36. The third-order valence-corrected chi connectivity index (χ3v) is 6.79. The van der Waals surface area contributed by atoms with Gasteiger partial charge in [-0.3, -0.25) is 9.67 Å². The molecule has 0 amide bonds. The molecule has 10 heteroatoms. The number of nitrogens with zero attached hydrogens (tertiary/aromatic N) is 7. The maximum Gasteiger partial charge on any atom is 0.154 e. The van der Waals surface area contributed by atoms with E-state index < -0.39 is 5.82 Å². The third kappa shape index (κ3) is 3.85.